The van der Waals surface area contributed by atoms with E-state index in [0.717, 1.165) is 19.0 Å². The van der Waals surface area contributed by atoms with E-state index in [9.17, 15) is 0 Å². The summed E-state index contributed by atoms with van der Waals surface area (Å²) >= 11 is 1.80. The molecular formula is C12H20N2S. The van der Waals surface area contributed by atoms with Gasteiger partial charge in [0.1, 0.15) is 0 Å². The van der Waals surface area contributed by atoms with E-state index in [0.29, 0.717) is 0 Å². The van der Waals surface area contributed by atoms with Crippen LogP contribution in [0.4, 0.5) is 0 Å². The molecule has 1 aromatic heterocycles. The van der Waals surface area contributed by atoms with Gasteiger partial charge in [0.25, 0.3) is 0 Å². The predicted molar refractivity (Wildman–Crippen MR) is 66.2 cm³/mol. The topological polar surface area (TPSA) is 15.3 Å². The highest BCUT2D eigenvalue weighted by atomic mass is 32.1. The summed E-state index contributed by atoms with van der Waals surface area (Å²) < 4.78 is 0. The number of likely N-dealkylation sites (tertiary alicyclic amines) is 1. The number of hydrogen-bond donors (Lipinski definition) is 1. The molecule has 0 aliphatic carbocycles. The molecule has 1 atom stereocenters. The molecule has 84 valence electrons. The third-order valence-electron chi connectivity index (χ3n) is 3.04. The molecule has 1 fully saturated rings. The number of nitrogens with one attached hydrogen (secondary N) is 1. The minimum Gasteiger partial charge on any atom is -0.317 e. The molecule has 0 radical (unpaired) electrons. The number of hydrogen-bond acceptors (Lipinski definition) is 3. The molecule has 1 unspecified atom stereocenters. The van der Waals surface area contributed by atoms with E-state index >= 15 is 0 Å². The summed E-state index contributed by atoms with van der Waals surface area (Å²) in [5, 5.41) is 7.87. The second kappa shape index (κ2) is 5.64. The molecule has 0 amide bonds. The van der Waals surface area contributed by atoms with Crippen molar-refractivity contribution in [2.75, 3.05) is 26.2 Å². The Morgan fingerprint density at radius 2 is 2.53 bits per heavy atom. The average Bonchev–Trinajstić information content (AvgIpc) is 2.87. The number of nitrogens with zero attached hydrogens (tertiary/aromatic N) is 1. The molecule has 1 aromatic rings. The highest BCUT2D eigenvalue weighted by Gasteiger charge is 2.21. The van der Waals surface area contributed by atoms with Crippen molar-refractivity contribution in [3.8, 4) is 0 Å². The van der Waals surface area contributed by atoms with Crippen LogP contribution in [-0.4, -0.2) is 31.1 Å². The first-order valence-electron chi connectivity index (χ1n) is 5.82. The van der Waals surface area contributed by atoms with E-state index in [1.54, 1.807) is 11.3 Å². The quantitative estimate of drug-likeness (QED) is 0.824. The molecule has 1 aliphatic rings. The van der Waals surface area contributed by atoms with Gasteiger partial charge in [-0.05, 0) is 54.4 Å². The van der Waals surface area contributed by atoms with Gasteiger partial charge in [0.15, 0.2) is 0 Å². The molecule has 0 saturated carbocycles. The van der Waals surface area contributed by atoms with E-state index < -0.39 is 0 Å². The van der Waals surface area contributed by atoms with Crippen LogP contribution in [0.2, 0.25) is 0 Å². The average molecular weight is 224 g/mol. The van der Waals surface area contributed by atoms with Crippen molar-refractivity contribution in [2.24, 2.45) is 5.92 Å². The van der Waals surface area contributed by atoms with E-state index in [4.69, 9.17) is 0 Å². The van der Waals surface area contributed by atoms with Gasteiger partial charge in [0.2, 0.25) is 0 Å². The largest absolute Gasteiger partial charge is 0.317 e. The highest BCUT2D eigenvalue weighted by Crippen LogP contribution is 2.18. The molecule has 1 saturated heterocycles. The zero-order valence-electron chi connectivity index (χ0n) is 9.41. The number of rotatable bonds is 5. The molecule has 1 aliphatic heterocycles. The molecule has 2 rings (SSSR count). The molecule has 2 heterocycles. The lowest BCUT2D eigenvalue weighted by molar-refractivity contribution is 0.315. The van der Waals surface area contributed by atoms with Crippen molar-refractivity contribution >= 4 is 11.3 Å². The van der Waals surface area contributed by atoms with Crippen LogP contribution in [0.5, 0.6) is 0 Å². The van der Waals surface area contributed by atoms with Crippen LogP contribution in [0.15, 0.2) is 16.8 Å². The Morgan fingerprint density at radius 1 is 1.60 bits per heavy atom. The van der Waals surface area contributed by atoms with Gasteiger partial charge < -0.3 is 5.32 Å². The van der Waals surface area contributed by atoms with Gasteiger partial charge in [-0.3, -0.25) is 4.90 Å². The Balaban J connectivity index is 1.73. The minimum absolute atomic E-state index is 0.864. The van der Waals surface area contributed by atoms with Crippen molar-refractivity contribution in [3.63, 3.8) is 0 Å². The van der Waals surface area contributed by atoms with Gasteiger partial charge in [-0.15, -0.1) is 0 Å². The molecule has 15 heavy (non-hydrogen) atoms. The van der Waals surface area contributed by atoms with Crippen molar-refractivity contribution in [1.82, 2.24) is 10.2 Å². The van der Waals surface area contributed by atoms with Gasteiger partial charge >= 0.3 is 0 Å². The van der Waals surface area contributed by atoms with Gasteiger partial charge in [-0.2, -0.15) is 11.3 Å². The SMILES string of the molecule is CCNCC1CCN(Cc2ccsc2)C1. The summed E-state index contributed by atoms with van der Waals surface area (Å²) in [6.45, 7) is 8.15. The van der Waals surface area contributed by atoms with Crippen molar-refractivity contribution < 1.29 is 0 Å². The summed E-state index contributed by atoms with van der Waals surface area (Å²) in [7, 11) is 0. The summed E-state index contributed by atoms with van der Waals surface area (Å²) in [6.07, 6.45) is 1.36. The molecule has 1 N–H and O–H groups in total. The van der Waals surface area contributed by atoms with Gasteiger partial charge in [0.05, 0.1) is 0 Å². The van der Waals surface area contributed by atoms with Crippen LogP contribution in [0.1, 0.15) is 18.9 Å². The first-order chi connectivity index (χ1) is 7.38. The van der Waals surface area contributed by atoms with Crippen LogP contribution >= 0.6 is 11.3 Å². The third kappa shape index (κ3) is 3.30. The van der Waals surface area contributed by atoms with Crippen molar-refractivity contribution in [2.45, 2.75) is 19.9 Å². The molecule has 3 heteroatoms. The molecule has 0 spiro atoms. The Hall–Kier alpha value is -0.380. The van der Waals surface area contributed by atoms with Gasteiger partial charge in [-0.25, -0.2) is 0 Å². The molecule has 2 nitrogen and oxygen atoms in total. The highest BCUT2D eigenvalue weighted by molar-refractivity contribution is 7.07. The standard InChI is InChI=1S/C12H20N2S/c1-2-13-7-11-3-5-14(8-11)9-12-4-6-15-10-12/h4,6,10-11,13H,2-3,5,7-9H2,1H3. The van der Waals surface area contributed by atoms with E-state index in [-0.39, 0.29) is 0 Å². The zero-order chi connectivity index (χ0) is 10.5. The predicted octanol–water partition coefficient (Wildman–Crippen LogP) is 2.18. The first kappa shape index (κ1) is 11.1. The van der Waals surface area contributed by atoms with Crippen LogP contribution in [0, 0.1) is 5.92 Å². The lowest BCUT2D eigenvalue weighted by Crippen LogP contribution is -2.26. The summed E-state index contributed by atoms with van der Waals surface area (Å²) in [5.41, 5.74) is 1.48. The minimum atomic E-state index is 0.864. The van der Waals surface area contributed by atoms with E-state index in [2.05, 4.69) is 34.0 Å². The second-order valence-corrected chi connectivity index (χ2v) is 5.11. The van der Waals surface area contributed by atoms with E-state index in [1.165, 1.54) is 31.6 Å². The van der Waals surface area contributed by atoms with E-state index in [1.807, 2.05) is 0 Å². The molecular weight excluding hydrogens is 204 g/mol. The normalized spacial score (nSPS) is 22.3. The van der Waals surface area contributed by atoms with Gasteiger partial charge in [0, 0.05) is 13.1 Å². The fourth-order valence-corrected chi connectivity index (χ4v) is 2.87. The monoisotopic (exact) mass is 224 g/mol. The van der Waals surface area contributed by atoms with Crippen LogP contribution < -0.4 is 5.32 Å². The van der Waals surface area contributed by atoms with Gasteiger partial charge in [-0.1, -0.05) is 6.92 Å². The second-order valence-electron chi connectivity index (χ2n) is 4.33. The maximum absolute atomic E-state index is 3.44. The fourth-order valence-electron chi connectivity index (χ4n) is 2.21. The van der Waals surface area contributed by atoms with Crippen LogP contribution in [-0.2, 0) is 6.54 Å². The van der Waals surface area contributed by atoms with Crippen molar-refractivity contribution in [1.29, 1.82) is 0 Å². The summed E-state index contributed by atoms with van der Waals surface area (Å²) in [6, 6.07) is 2.24. The van der Waals surface area contributed by atoms with Crippen LogP contribution in [0.3, 0.4) is 0 Å². The summed E-state index contributed by atoms with van der Waals surface area (Å²) in [4.78, 5) is 2.57. The molecule has 0 bridgehead atoms. The maximum Gasteiger partial charge on any atom is 0.0242 e. The lowest BCUT2D eigenvalue weighted by Gasteiger charge is -2.15. The maximum atomic E-state index is 3.44. The third-order valence-corrected chi connectivity index (χ3v) is 3.77. The summed E-state index contributed by atoms with van der Waals surface area (Å²) in [5.74, 6) is 0.864. The Morgan fingerprint density at radius 3 is 3.27 bits per heavy atom. The smallest absolute Gasteiger partial charge is 0.0242 e. The molecule has 0 aromatic carbocycles. The lowest BCUT2D eigenvalue weighted by atomic mass is 10.1. The first-order valence-corrected chi connectivity index (χ1v) is 6.77. The Bertz CT molecular complexity index is 271. The Labute approximate surface area is 96.3 Å². The van der Waals surface area contributed by atoms with Crippen molar-refractivity contribution in [3.05, 3.63) is 22.4 Å². The zero-order valence-corrected chi connectivity index (χ0v) is 10.2. The fraction of sp³-hybridized carbons (Fsp3) is 0.667. The van der Waals surface area contributed by atoms with Crippen LogP contribution in [0.25, 0.3) is 0 Å². The number of thiophene rings is 1. The Kier molecular flexibility index (Phi) is 4.18.